The summed E-state index contributed by atoms with van der Waals surface area (Å²) in [5.41, 5.74) is -1.48. The SMILES string of the molecule is C=CC[C@@]1(O[Si](C)(C)C)C(=O)C=C[C@H](O[Si](C)(C)C(C)(C)C)[C@H]1OS(C)(=O)=O. The molecule has 0 heterocycles. The molecule has 1 rings (SSSR count). The summed E-state index contributed by atoms with van der Waals surface area (Å²) in [6.07, 6.45) is 3.89. The molecule has 0 unspecified atom stereocenters. The van der Waals surface area contributed by atoms with Crippen molar-refractivity contribution in [3.63, 3.8) is 0 Å². The maximum absolute atomic E-state index is 13.0. The molecule has 9 heteroatoms. The molecule has 1 aliphatic carbocycles. The zero-order chi connectivity index (χ0) is 22.2. The van der Waals surface area contributed by atoms with Gasteiger partial charge in [0, 0.05) is 6.42 Å². The Labute approximate surface area is 172 Å². The minimum Gasteiger partial charge on any atom is -0.408 e. The van der Waals surface area contributed by atoms with Gasteiger partial charge in [0.25, 0.3) is 10.1 Å². The van der Waals surface area contributed by atoms with E-state index in [1.54, 1.807) is 12.2 Å². The highest BCUT2D eigenvalue weighted by molar-refractivity contribution is 7.86. The molecule has 1 aliphatic rings. The predicted molar refractivity (Wildman–Crippen MR) is 118 cm³/mol. The van der Waals surface area contributed by atoms with E-state index in [1.807, 2.05) is 19.6 Å². The van der Waals surface area contributed by atoms with Crippen LogP contribution in [0.4, 0.5) is 0 Å². The third kappa shape index (κ3) is 6.20. The first-order chi connectivity index (χ1) is 12.3. The van der Waals surface area contributed by atoms with Crippen molar-refractivity contribution in [2.24, 2.45) is 0 Å². The van der Waals surface area contributed by atoms with E-state index in [9.17, 15) is 13.2 Å². The largest absolute Gasteiger partial charge is 0.408 e. The van der Waals surface area contributed by atoms with E-state index >= 15 is 0 Å². The first-order valence-corrected chi connectivity index (χ1v) is 17.6. The van der Waals surface area contributed by atoms with E-state index in [0.717, 1.165) is 6.26 Å². The van der Waals surface area contributed by atoms with Crippen molar-refractivity contribution in [2.75, 3.05) is 6.26 Å². The summed E-state index contributed by atoms with van der Waals surface area (Å²) in [5, 5.41) is -0.0985. The molecule has 0 aromatic rings. The Hall–Kier alpha value is -0.586. The number of hydrogen-bond donors (Lipinski definition) is 0. The van der Waals surface area contributed by atoms with Crippen molar-refractivity contribution >= 4 is 32.5 Å². The number of rotatable bonds is 8. The van der Waals surface area contributed by atoms with Crippen LogP contribution in [0, 0.1) is 0 Å². The minimum atomic E-state index is -3.87. The van der Waals surface area contributed by atoms with Gasteiger partial charge in [-0.15, -0.1) is 6.58 Å². The van der Waals surface area contributed by atoms with Crippen LogP contribution in [-0.2, 0) is 27.9 Å². The maximum Gasteiger partial charge on any atom is 0.264 e. The molecule has 0 aromatic heterocycles. The van der Waals surface area contributed by atoms with Crippen molar-refractivity contribution in [3.8, 4) is 0 Å². The maximum atomic E-state index is 13.0. The van der Waals surface area contributed by atoms with E-state index in [4.69, 9.17) is 13.0 Å². The van der Waals surface area contributed by atoms with Crippen molar-refractivity contribution < 1.29 is 26.2 Å². The molecular formula is C19H36O6SSi2. The second-order valence-electron chi connectivity index (χ2n) is 9.88. The fraction of sp³-hybridized carbons (Fsp3) is 0.737. The summed E-state index contributed by atoms with van der Waals surface area (Å²) in [4.78, 5) is 13.0. The van der Waals surface area contributed by atoms with E-state index in [1.165, 1.54) is 6.08 Å². The Morgan fingerprint density at radius 3 is 2.14 bits per heavy atom. The third-order valence-electron chi connectivity index (χ3n) is 5.06. The fourth-order valence-corrected chi connectivity index (χ4v) is 6.17. The van der Waals surface area contributed by atoms with Crippen molar-refractivity contribution in [1.29, 1.82) is 0 Å². The van der Waals surface area contributed by atoms with Crippen LogP contribution in [-0.4, -0.2) is 54.9 Å². The second-order valence-corrected chi connectivity index (χ2v) is 20.7. The highest BCUT2D eigenvalue weighted by atomic mass is 32.2. The summed E-state index contributed by atoms with van der Waals surface area (Å²) >= 11 is 0. The smallest absolute Gasteiger partial charge is 0.264 e. The Morgan fingerprint density at radius 2 is 1.75 bits per heavy atom. The average Bonchev–Trinajstić information content (AvgIpc) is 2.43. The van der Waals surface area contributed by atoms with Gasteiger partial charge in [0.2, 0.25) is 0 Å². The summed E-state index contributed by atoms with van der Waals surface area (Å²) < 4.78 is 42.5. The lowest BCUT2D eigenvalue weighted by Crippen LogP contribution is -2.64. The average molecular weight is 449 g/mol. The number of hydrogen-bond acceptors (Lipinski definition) is 6. The molecule has 0 radical (unpaired) electrons. The molecule has 0 N–H and O–H groups in total. The third-order valence-corrected chi connectivity index (χ3v) is 11.1. The van der Waals surface area contributed by atoms with Gasteiger partial charge in [0.15, 0.2) is 28.0 Å². The zero-order valence-corrected chi connectivity index (χ0v) is 21.5. The summed E-state index contributed by atoms with van der Waals surface area (Å²) in [6, 6.07) is 0. The first kappa shape index (κ1) is 25.5. The predicted octanol–water partition coefficient (Wildman–Crippen LogP) is 4.03. The Balaban J connectivity index is 3.58. The summed E-state index contributed by atoms with van der Waals surface area (Å²) in [5.74, 6) is -0.321. The lowest BCUT2D eigenvalue weighted by molar-refractivity contribution is -0.146. The highest BCUT2D eigenvalue weighted by Gasteiger charge is 2.56. The van der Waals surface area contributed by atoms with Gasteiger partial charge < -0.3 is 8.85 Å². The van der Waals surface area contributed by atoms with Crippen molar-refractivity contribution in [3.05, 3.63) is 24.8 Å². The van der Waals surface area contributed by atoms with Gasteiger partial charge in [0.1, 0.15) is 6.10 Å². The van der Waals surface area contributed by atoms with Crippen LogP contribution in [0.25, 0.3) is 0 Å². The topological polar surface area (TPSA) is 78.9 Å². The molecule has 6 nitrogen and oxygen atoms in total. The summed E-state index contributed by atoms with van der Waals surface area (Å²) in [7, 11) is -8.41. The minimum absolute atomic E-state index is 0.0985. The molecule has 0 aliphatic heterocycles. The van der Waals surface area contributed by atoms with Gasteiger partial charge in [-0.25, -0.2) is 0 Å². The van der Waals surface area contributed by atoms with Gasteiger partial charge in [-0.2, -0.15) is 8.42 Å². The van der Waals surface area contributed by atoms with Gasteiger partial charge in [-0.1, -0.05) is 32.9 Å². The van der Waals surface area contributed by atoms with Crippen molar-refractivity contribution in [1.82, 2.24) is 0 Å². The molecule has 28 heavy (non-hydrogen) atoms. The Bertz CT molecular complexity index is 731. The normalized spacial score (nSPS) is 27.1. The van der Waals surface area contributed by atoms with E-state index in [2.05, 4.69) is 40.4 Å². The van der Waals surface area contributed by atoms with Crippen LogP contribution >= 0.6 is 0 Å². The van der Waals surface area contributed by atoms with Gasteiger partial charge in [-0.05, 0) is 43.8 Å². The molecule has 0 saturated carbocycles. The van der Waals surface area contributed by atoms with Crippen LogP contribution in [0.2, 0.25) is 37.8 Å². The molecule has 0 bridgehead atoms. The zero-order valence-electron chi connectivity index (χ0n) is 18.7. The highest BCUT2D eigenvalue weighted by Crippen LogP contribution is 2.42. The Kier molecular flexibility index (Phi) is 7.52. The van der Waals surface area contributed by atoms with E-state index < -0.39 is 44.6 Å². The number of carbonyl (C=O) groups is 1. The summed E-state index contributed by atoms with van der Waals surface area (Å²) in [6.45, 7) is 20.0. The van der Waals surface area contributed by atoms with Crippen LogP contribution in [0.3, 0.4) is 0 Å². The standard InChI is InChI=1S/C19H36O6SSi2/c1-11-14-19(25-27(6,7)8)16(20)13-12-15(17(19)23-26(5,21)22)24-28(9,10)18(2,3)4/h11-13,15,17H,1,14H2,2-10H3/t15-,17+,19+/m0/s1. The van der Waals surface area contributed by atoms with E-state index in [0.29, 0.717) is 0 Å². The van der Waals surface area contributed by atoms with Crippen LogP contribution in [0.15, 0.2) is 24.8 Å². The molecule has 162 valence electrons. The molecular weight excluding hydrogens is 412 g/mol. The monoisotopic (exact) mass is 448 g/mol. The first-order valence-electron chi connectivity index (χ1n) is 9.44. The van der Waals surface area contributed by atoms with Crippen LogP contribution < -0.4 is 0 Å². The second kappa shape index (κ2) is 8.27. The number of ketones is 1. The molecule has 0 fully saturated rings. The fourth-order valence-electron chi connectivity index (χ4n) is 2.90. The van der Waals surface area contributed by atoms with Gasteiger partial charge >= 0.3 is 0 Å². The molecule has 0 spiro atoms. The van der Waals surface area contributed by atoms with Crippen molar-refractivity contribution in [2.45, 2.75) is 82.8 Å². The molecule has 0 amide bonds. The van der Waals surface area contributed by atoms with Crippen LogP contribution in [0.5, 0.6) is 0 Å². The van der Waals surface area contributed by atoms with Gasteiger partial charge in [0.05, 0.1) is 12.4 Å². The van der Waals surface area contributed by atoms with E-state index in [-0.39, 0.29) is 17.2 Å². The number of carbonyl (C=O) groups excluding carboxylic acids is 1. The Morgan fingerprint density at radius 1 is 1.21 bits per heavy atom. The quantitative estimate of drug-likeness (QED) is 0.317. The van der Waals surface area contributed by atoms with Crippen LogP contribution in [0.1, 0.15) is 27.2 Å². The molecule has 3 atom stereocenters. The molecule has 0 saturated heterocycles. The van der Waals surface area contributed by atoms with Gasteiger partial charge in [-0.3, -0.25) is 8.98 Å². The lowest BCUT2D eigenvalue weighted by Gasteiger charge is -2.48. The lowest BCUT2D eigenvalue weighted by atomic mass is 9.81. The molecule has 0 aromatic carbocycles.